The zero-order valence-electron chi connectivity index (χ0n) is 13.5. The molecule has 0 spiro atoms. The number of anilines is 1. The van der Waals surface area contributed by atoms with Gasteiger partial charge in [-0.2, -0.15) is 5.26 Å². The first kappa shape index (κ1) is 17.8. The van der Waals surface area contributed by atoms with Gasteiger partial charge in [0.1, 0.15) is 5.75 Å². The van der Waals surface area contributed by atoms with Gasteiger partial charge in [-0.15, -0.1) is 0 Å². The highest BCUT2D eigenvalue weighted by Crippen LogP contribution is 2.20. The molecule has 2 aromatic rings. The van der Waals surface area contributed by atoms with E-state index in [4.69, 9.17) is 10.00 Å². The zero-order valence-corrected chi connectivity index (χ0v) is 14.3. The van der Waals surface area contributed by atoms with Crippen LogP contribution in [0.3, 0.4) is 0 Å². The smallest absolute Gasteiger partial charge is 0.261 e. The van der Waals surface area contributed by atoms with Crippen LogP contribution in [0.1, 0.15) is 25.3 Å². The van der Waals surface area contributed by atoms with Crippen LogP contribution in [0.5, 0.6) is 5.75 Å². The van der Waals surface area contributed by atoms with E-state index >= 15 is 0 Å². The third-order valence-corrected chi connectivity index (χ3v) is 4.79. The van der Waals surface area contributed by atoms with Gasteiger partial charge in [0.15, 0.2) is 0 Å². The molecule has 0 aliphatic rings. The number of benzene rings is 2. The van der Waals surface area contributed by atoms with Gasteiger partial charge in [-0.25, -0.2) is 8.42 Å². The standard InChI is InChI=1S/C18H20N2O3S/c1-2-3-14-23-17-8-10-18(11-9-17)24(21,22)20-16-6-4-15(5-7-16)12-13-19/h4-11,20H,2-3,12,14H2,1H3. The highest BCUT2D eigenvalue weighted by molar-refractivity contribution is 7.92. The first-order chi connectivity index (χ1) is 11.5. The molecule has 0 heterocycles. The SMILES string of the molecule is CCCCOc1ccc(S(=O)(=O)Nc2ccc(CC#N)cc2)cc1. The van der Waals surface area contributed by atoms with Crippen molar-refractivity contribution in [2.24, 2.45) is 0 Å². The van der Waals surface area contributed by atoms with E-state index in [2.05, 4.69) is 17.7 Å². The maximum atomic E-state index is 12.4. The number of ether oxygens (including phenoxy) is 1. The van der Waals surface area contributed by atoms with E-state index in [0.29, 0.717) is 24.5 Å². The molecule has 0 saturated carbocycles. The number of sulfonamides is 1. The van der Waals surface area contributed by atoms with E-state index in [0.717, 1.165) is 18.4 Å². The highest BCUT2D eigenvalue weighted by Gasteiger charge is 2.14. The lowest BCUT2D eigenvalue weighted by atomic mass is 10.1. The Bertz CT molecular complexity index is 792. The van der Waals surface area contributed by atoms with Crippen LogP contribution in [0.25, 0.3) is 0 Å². The summed E-state index contributed by atoms with van der Waals surface area (Å²) >= 11 is 0. The van der Waals surface area contributed by atoms with Crippen molar-refractivity contribution in [2.45, 2.75) is 31.1 Å². The third kappa shape index (κ3) is 5.00. The molecule has 0 aliphatic carbocycles. The summed E-state index contributed by atoms with van der Waals surface area (Å²) in [6.07, 6.45) is 2.31. The van der Waals surface area contributed by atoms with E-state index in [1.54, 1.807) is 36.4 Å². The van der Waals surface area contributed by atoms with Crippen molar-refractivity contribution in [3.05, 3.63) is 54.1 Å². The molecule has 0 atom stereocenters. The van der Waals surface area contributed by atoms with Crippen molar-refractivity contribution in [3.63, 3.8) is 0 Å². The number of rotatable bonds is 8. The monoisotopic (exact) mass is 344 g/mol. The number of nitriles is 1. The molecule has 0 aromatic heterocycles. The van der Waals surface area contributed by atoms with E-state index in [1.807, 2.05) is 0 Å². The molecule has 0 radical (unpaired) electrons. The largest absolute Gasteiger partial charge is 0.494 e. The van der Waals surface area contributed by atoms with Crippen molar-refractivity contribution < 1.29 is 13.2 Å². The summed E-state index contributed by atoms with van der Waals surface area (Å²) in [6, 6.07) is 15.1. The van der Waals surface area contributed by atoms with Crippen molar-refractivity contribution in [3.8, 4) is 11.8 Å². The number of unbranched alkanes of at least 4 members (excludes halogenated alkanes) is 1. The Kier molecular flexibility index (Phi) is 6.21. The summed E-state index contributed by atoms with van der Waals surface area (Å²) in [6.45, 7) is 2.70. The molecular weight excluding hydrogens is 324 g/mol. The Labute approximate surface area is 142 Å². The van der Waals surface area contributed by atoms with Crippen LogP contribution in [0.15, 0.2) is 53.4 Å². The van der Waals surface area contributed by atoms with Crippen LogP contribution in [0.4, 0.5) is 5.69 Å². The van der Waals surface area contributed by atoms with E-state index in [9.17, 15) is 8.42 Å². The number of hydrogen-bond donors (Lipinski definition) is 1. The summed E-state index contributed by atoms with van der Waals surface area (Å²) in [5, 5.41) is 8.64. The van der Waals surface area contributed by atoms with Crippen LogP contribution >= 0.6 is 0 Å². The fourth-order valence-electron chi connectivity index (χ4n) is 2.05. The van der Waals surface area contributed by atoms with Crippen molar-refractivity contribution in [1.82, 2.24) is 0 Å². The van der Waals surface area contributed by atoms with Crippen LogP contribution in [0, 0.1) is 11.3 Å². The summed E-state index contributed by atoms with van der Waals surface area (Å²) in [5.41, 5.74) is 1.30. The van der Waals surface area contributed by atoms with Gasteiger partial charge in [0.05, 0.1) is 24.0 Å². The third-order valence-electron chi connectivity index (χ3n) is 3.39. The highest BCUT2D eigenvalue weighted by atomic mass is 32.2. The van der Waals surface area contributed by atoms with Gasteiger partial charge in [0.25, 0.3) is 10.0 Å². The lowest BCUT2D eigenvalue weighted by Gasteiger charge is -2.10. The first-order valence-electron chi connectivity index (χ1n) is 7.76. The van der Waals surface area contributed by atoms with Crippen LogP contribution in [0.2, 0.25) is 0 Å². The zero-order chi connectivity index (χ0) is 17.4. The van der Waals surface area contributed by atoms with Gasteiger partial charge in [-0.1, -0.05) is 25.5 Å². The van der Waals surface area contributed by atoms with E-state index in [-0.39, 0.29) is 4.90 Å². The molecule has 0 amide bonds. The second-order valence-electron chi connectivity index (χ2n) is 5.31. The Morgan fingerprint density at radius 3 is 2.33 bits per heavy atom. The Morgan fingerprint density at radius 2 is 1.75 bits per heavy atom. The van der Waals surface area contributed by atoms with E-state index in [1.165, 1.54) is 12.1 Å². The predicted molar refractivity (Wildman–Crippen MR) is 93.4 cm³/mol. The van der Waals surface area contributed by atoms with E-state index < -0.39 is 10.0 Å². The minimum Gasteiger partial charge on any atom is -0.494 e. The fourth-order valence-corrected chi connectivity index (χ4v) is 3.10. The minimum absolute atomic E-state index is 0.173. The summed E-state index contributed by atoms with van der Waals surface area (Å²) in [5.74, 6) is 0.656. The number of nitrogens with zero attached hydrogens (tertiary/aromatic N) is 1. The normalized spacial score (nSPS) is 10.8. The quantitative estimate of drug-likeness (QED) is 0.740. The average molecular weight is 344 g/mol. The van der Waals surface area contributed by atoms with Gasteiger partial charge in [0.2, 0.25) is 0 Å². The van der Waals surface area contributed by atoms with Gasteiger partial charge in [-0.3, -0.25) is 4.72 Å². The molecule has 0 aliphatic heterocycles. The topological polar surface area (TPSA) is 79.2 Å². The molecule has 0 bridgehead atoms. The second-order valence-corrected chi connectivity index (χ2v) is 6.99. The fraction of sp³-hybridized carbons (Fsp3) is 0.278. The molecule has 0 fully saturated rings. The van der Waals surface area contributed by atoms with Crippen LogP contribution < -0.4 is 9.46 Å². The van der Waals surface area contributed by atoms with Crippen molar-refractivity contribution >= 4 is 15.7 Å². The first-order valence-corrected chi connectivity index (χ1v) is 9.25. The average Bonchev–Trinajstić information content (AvgIpc) is 2.57. The number of nitrogens with one attached hydrogen (secondary N) is 1. The summed E-state index contributed by atoms with van der Waals surface area (Å²) < 4.78 is 32.8. The molecule has 6 heteroatoms. The van der Waals surface area contributed by atoms with Gasteiger partial charge < -0.3 is 4.74 Å². The van der Waals surface area contributed by atoms with Gasteiger partial charge >= 0.3 is 0 Å². The molecule has 2 aromatic carbocycles. The molecule has 0 unspecified atom stereocenters. The Morgan fingerprint density at radius 1 is 1.08 bits per heavy atom. The Hall–Kier alpha value is -2.52. The lowest BCUT2D eigenvalue weighted by Crippen LogP contribution is -2.12. The molecule has 24 heavy (non-hydrogen) atoms. The van der Waals surface area contributed by atoms with Gasteiger partial charge in [0, 0.05) is 5.69 Å². The predicted octanol–water partition coefficient (Wildman–Crippen LogP) is 3.73. The van der Waals surface area contributed by atoms with Crippen molar-refractivity contribution in [2.75, 3.05) is 11.3 Å². The van der Waals surface area contributed by atoms with Crippen LogP contribution in [-0.4, -0.2) is 15.0 Å². The second kappa shape index (κ2) is 8.37. The summed E-state index contributed by atoms with van der Waals surface area (Å²) in [7, 11) is -3.65. The number of hydrogen-bond acceptors (Lipinski definition) is 4. The minimum atomic E-state index is -3.65. The maximum absolute atomic E-state index is 12.4. The van der Waals surface area contributed by atoms with Crippen LogP contribution in [-0.2, 0) is 16.4 Å². The van der Waals surface area contributed by atoms with Gasteiger partial charge in [-0.05, 0) is 48.4 Å². The molecule has 126 valence electrons. The molecule has 5 nitrogen and oxygen atoms in total. The summed E-state index contributed by atoms with van der Waals surface area (Å²) in [4.78, 5) is 0.173. The maximum Gasteiger partial charge on any atom is 0.261 e. The lowest BCUT2D eigenvalue weighted by molar-refractivity contribution is 0.309. The molecule has 2 rings (SSSR count). The molecular formula is C18H20N2O3S. The Balaban J connectivity index is 2.05. The van der Waals surface area contributed by atoms with Crippen molar-refractivity contribution in [1.29, 1.82) is 5.26 Å². The molecule has 1 N–H and O–H groups in total. The molecule has 0 saturated heterocycles.